The first-order valence-corrected chi connectivity index (χ1v) is 11.3. The number of rotatable bonds is 5. The van der Waals surface area contributed by atoms with E-state index in [2.05, 4.69) is 15.9 Å². The van der Waals surface area contributed by atoms with Crippen LogP contribution in [0.25, 0.3) is 0 Å². The molecule has 1 spiro atoms. The van der Waals surface area contributed by atoms with Crippen molar-refractivity contribution in [2.45, 2.75) is 31.8 Å². The van der Waals surface area contributed by atoms with E-state index in [9.17, 15) is 14.4 Å². The Kier molecular flexibility index (Phi) is 6.07. The second-order valence-electron chi connectivity index (χ2n) is 8.26. The SMILES string of the molecule is COC(=O)[C@@H]1C[C@@H]2C(=O)C(C)=C[C@]23[C@H]1[C@@H](OC)O[C@H](CBr)[C@H]3OC(=O)c1ccccc1. The molecule has 1 aliphatic heterocycles. The molecule has 1 aromatic rings. The van der Waals surface area contributed by atoms with E-state index in [1.165, 1.54) is 14.2 Å². The molecule has 7 atom stereocenters. The summed E-state index contributed by atoms with van der Waals surface area (Å²) in [6, 6.07) is 8.67. The second-order valence-corrected chi connectivity index (χ2v) is 8.91. The molecule has 8 heteroatoms. The van der Waals surface area contributed by atoms with Gasteiger partial charge in [0.15, 0.2) is 12.1 Å². The van der Waals surface area contributed by atoms with E-state index in [-0.39, 0.29) is 5.78 Å². The van der Waals surface area contributed by atoms with Crippen LogP contribution in [0.2, 0.25) is 0 Å². The Morgan fingerprint density at radius 1 is 1.23 bits per heavy atom. The molecule has 0 radical (unpaired) electrons. The summed E-state index contributed by atoms with van der Waals surface area (Å²) in [7, 11) is 2.83. The Bertz CT molecular complexity index is 914. The summed E-state index contributed by atoms with van der Waals surface area (Å²) in [4.78, 5) is 38.8. The van der Waals surface area contributed by atoms with Gasteiger partial charge in [-0.3, -0.25) is 9.59 Å². The van der Waals surface area contributed by atoms with E-state index in [1.54, 1.807) is 31.2 Å². The van der Waals surface area contributed by atoms with Crippen LogP contribution in [0.1, 0.15) is 23.7 Å². The van der Waals surface area contributed by atoms with Crippen LogP contribution in [0.5, 0.6) is 0 Å². The van der Waals surface area contributed by atoms with Crippen molar-refractivity contribution in [3.8, 4) is 0 Å². The van der Waals surface area contributed by atoms with Crippen LogP contribution in [0.15, 0.2) is 42.0 Å². The zero-order chi connectivity index (χ0) is 22.3. The fourth-order valence-electron chi connectivity index (χ4n) is 5.63. The molecule has 0 N–H and O–H groups in total. The second kappa shape index (κ2) is 8.48. The van der Waals surface area contributed by atoms with Gasteiger partial charge in [0.05, 0.1) is 18.6 Å². The number of hydrogen-bond donors (Lipinski definition) is 0. The molecule has 7 nitrogen and oxygen atoms in total. The average molecular weight is 493 g/mol. The van der Waals surface area contributed by atoms with Crippen molar-refractivity contribution in [3.05, 3.63) is 47.5 Å². The third kappa shape index (κ3) is 3.36. The van der Waals surface area contributed by atoms with Crippen LogP contribution in [0.4, 0.5) is 0 Å². The number of ketones is 1. The number of hydrogen-bond acceptors (Lipinski definition) is 7. The Hall–Kier alpha value is -2.03. The van der Waals surface area contributed by atoms with Gasteiger partial charge >= 0.3 is 11.9 Å². The Labute approximate surface area is 189 Å². The summed E-state index contributed by atoms with van der Waals surface area (Å²) in [5.41, 5.74) is 0.0906. The Balaban J connectivity index is 1.82. The maximum atomic E-state index is 13.1. The predicted octanol–water partition coefficient (Wildman–Crippen LogP) is 2.92. The molecule has 0 unspecified atom stereocenters. The first-order chi connectivity index (χ1) is 14.9. The van der Waals surface area contributed by atoms with Crippen molar-refractivity contribution >= 4 is 33.7 Å². The lowest BCUT2D eigenvalue weighted by atomic mass is 9.65. The van der Waals surface area contributed by atoms with Crippen molar-refractivity contribution < 1.29 is 33.3 Å². The molecule has 166 valence electrons. The predicted molar refractivity (Wildman–Crippen MR) is 113 cm³/mol. The maximum absolute atomic E-state index is 13.1. The van der Waals surface area contributed by atoms with Gasteiger partial charge in [-0.2, -0.15) is 0 Å². The van der Waals surface area contributed by atoms with Crippen molar-refractivity contribution in [2.24, 2.45) is 23.2 Å². The highest BCUT2D eigenvalue weighted by molar-refractivity contribution is 9.09. The smallest absolute Gasteiger partial charge is 0.338 e. The van der Waals surface area contributed by atoms with E-state index in [1.807, 2.05) is 12.1 Å². The van der Waals surface area contributed by atoms with Crippen LogP contribution < -0.4 is 0 Å². The molecule has 1 aromatic carbocycles. The first kappa shape index (κ1) is 22.2. The van der Waals surface area contributed by atoms with Gasteiger partial charge in [0, 0.05) is 29.7 Å². The number of Topliss-reactive ketones (excluding diaryl/α,β-unsaturated/α-hetero) is 1. The van der Waals surface area contributed by atoms with Gasteiger partial charge < -0.3 is 18.9 Å². The van der Waals surface area contributed by atoms with Crippen LogP contribution in [0, 0.1) is 23.2 Å². The number of alkyl halides is 1. The van der Waals surface area contributed by atoms with Gasteiger partial charge in [-0.25, -0.2) is 4.79 Å². The van der Waals surface area contributed by atoms with E-state index >= 15 is 0 Å². The van der Waals surface area contributed by atoms with E-state index in [0.717, 1.165) is 0 Å². The molecule has 0 bridgehead atoms. The van der Waals surface area contributed by atoms with Crippen molar-refractivity contribution in [1.82, 2.24) is 0 Å². The number of ether oxygens (including phenoxy) is 4. The number of carbonyl (C=O) groups is 3. The summed E-state index contributed by atoms with van der Waals surface area (Å²) in [5.74, 6) is -2.62. The van der Waals surface area contributed by atoms with Crippen molar-refractivity contribution in [1.29, 1.82) is 0 Å². The Morgan fingerprint density at radius 2 is 1.94 bits per heavy atom. The monoisotopic (exact) mass is 492 g/mol. The van der Waals surface area contributed by atoms with Gasteiger partial charge in [0.2, 0.25) is 0 Å². The fraction of sp³-hybridized carbons (Fsp3) is 0.522. The molecule has 1 saturated heterocycles. The molecule has 1 heterocycles. The number of methoxy groups -OCH3 is 2. The molecule has 2 aliphatic carbocycles. The van der Waals surface area contributed by atoms with Gasteiger partial charge in [0.1, 0.15) is 12.2 Å². The van der Waals surface area contributed by atoms with E-state index in [4.69, 9.17) is 18.9 Å². The summed E-state index contributed by atoms with van der Waals surface area (Å²) < 4.78 is 22.9. The van der Waals surface area contributed by atoms with E-state index in [0.29, 0.717) is 22.9 Å². The number of esters is 2. The summed E-state index contributed by atoms with van der Waals surface area (Å²) in [6.07, 6.45) is 0.0700. The average Bonchev–Trinajstić information content (AvgIpc) is 3.25. The minimum Gasteiger partial charge on any atom is -0.469 e. The molecular weight excluding hydrogens is 468 g/mol. The molecule has 3 aliphatic rings. The lowest BCUT2D eigenvalue weighted by Gasteiger charge is -2.51. The molecule has 2 fully saturated rings. The molecule has 0 aromatic heterocycles. The summed E-state index contributed by atoms with van der Waals surface area (Å²) >= 11 is 3.46. The first-order valence-electron chi connectivity index (χ1n) is 10.2. The lowest BCUT2D eigenvalue weighted by molar-refractivity contribution is -0.273. The zero-order valence-electron chi connectivity index (χ0n) is 17.6. The zero-order valence-corrected chi connectivity index (χ0v) is 19.2. The third-order valence-electron chi connectivity index (χ3n) is 6.84. The standard InChI is InChI=1S/C23H25BrO7/c1-12-10-23-15(18(12)25)9-14(21(27)28-2)17(23)22(29-3)30-16(11-24)19(23)31-20(26)13-7-5-4-6-8-13/h4-8,10,14-17,19,22H,9,11H2,1-3H3/t14-,15-,16-,17-,19-,22+,23-/m1/s1. The van der Waals surface area contributed by atoms with Crippen LogP contribution in [0.3, 0.4) is 0 Å². The minimum absolute atomic E-state index is 0.0396. The number of carbonyl (C=O) groups excluding carboxylic acids is 3. The topological polar surface area (TPSA) is 88.1 Å². The van der Waals surface area contributed by atoms with Crippen LogP contribution in [-0.2, 0) is 28.5 Å². The molecular formula is C23H25BrO7. The Morgan fingerprint density at radius 3 is 2.55 bits per heavy atom. The number of halogens is 1. The minimum atomic E-state index is -0.915. The molecule has 4 rings (SSSR count). The maximum Gasteiger partial charge on any atom is 0.338 e. The lowest BCUT2D eigenvalue weighted by Crippen LogP contribution is -2.61. The van der Waals surface area contributed by atoms with Gasteiger partial charge in [0.25, 0.3) is 0 Å². The number of allylic oxidation sites excluding steroid dienone is 1. The number of benzene rings is 1. The highest BCUT2D eigenvalue weighted by atomic mass is 79.9. The summed E-state index contributed by atoms with van der Waals surface area (Å²) in [6.45, 7) is 1.76. The highest BCUT2D eigenvalue weighted by Crippen LogP contribution is 2.64. The molecule has 0 amide bonds. The van der Waals surface area contributed by atoms with Gasteiger partial charge in [-0.05, 0) is 31.1 Å². The van der Waals surface area contributed by atoms with E-state index < -0.39 is 53.6 Å². The van der Waals surface area contributed by atoms with Crippen LogP contribution >= 0.6 is 15.9 Å². The van der Waals surface area contributed by atoms with Crippen molar-refractivity contribution in [2.75, 3.05) is 19.5 Å². The van der Waals surface area contributed by atoms with Crippen LogP contribution in [-0.4, -0.2) is 55.8 Å². The highest BCUT2D eigenvalue weighted by Gasteiger charge is 2.71. The van der Waals surface area contributed by atoms with Gasteiger partial charge in [-0.15, -0.1) is 0 Å². The third-order valence-corrected chi connectivity index (χ3v) is 7.48. The van der Waals surface area contributed by atoms with Gasteiger partial charge in [-0.1, -0.05) is 40.2 Å². The van der Waals surface area contributed by atoms with Crippen molar-refractivity contribution in [3.63, 3.8) is 0 Å². The fourth-order valence-corrected chi connectivity index (χ4v) is 6.12. The summed E-state index contributed by atoms with van der Waals surface area (Å²) in [5, 5.41) is 0.366. The largest absolute Gasteiger partial charge is 0.469 e. The molecule has 31 heavy (non-hydrogen) atoms. The quantitative estimate of drug-likeness (QED) is 0.461. The molecule has 1 saturated carbocycles. The normalized spacial score (nSPS) is 36.4.